The quantitative estimate of drug-likeness (QED) is 0.751. The number of aliphatic hydroxyl groups excluding tert-OH is 1. The molecule has 1 heterocycles. The number of aromatic nitrogens is 1. The van der Waals surface area contributed by atoms with Crippen LogP contribution in [0.5, 0.6) is 0 Å². The van der Waals surface area contributed by atoms with Crippen LogP contribution in [-0.4, -0.2) is 35.4 Å². The lowest BCUT2D eigenvalue weighted by Gasteiger charge is -2.16. The second-order valence-corrected chi connectivity index (χ2v) is 6.99. The van der Waals surface area contributed by atoms with Crippen molar-refractivity contribution < 1.29 is 14.7 Å². The topological polar surface area (TPSA) is 79.3 Å². The molecule has 2 aromatic rings. The van der Waals surface area contributed by atoms with Crippen molar-refractivity contribution in [3.05, 3.63) is 65.0 Å². The lowest BCUT2D eigenvalue weighted by atomic mass is 9.93. The molecule has 0 radical (unpaired) electrons. The summed E-state index contributed by atoms with van der Waals surface area (Å²) in [6.45, 7) is 1.99. The molecule has 5 nitrogen and oxygen atoms in total. The Morgan fingerprint density at radius 3 is 2.54 bits per heavy atom. The molecule has 1 aliphatic carbocycles. The molecule has 3 atom stereocenters. The number of carbonyl (C=O) groups excluding carboxylic acids is 2. The van der Waals surface area contributed by atoms with Gasteiger partial charge < -0.3 is 10.4 Å². The second kappa shape index (κ2) is 7.79. The summed E-state index contributed by atoms with van der Waals surface area (Å²) in [5.74, 6) is 0.328. The van der Waals surface area contributed by atoms with E-state index in [1.54, 1.807) is 12.1 Å². The van der Waals surface area contributed by atoms with Gasteiger partial charge in [0, 0.05) is 24.9 Å². The predicted molar refractivity (Wildman–Crippen MR) is 99.2 cm³/mol. The van der Waals surface area contributed by atoms with Crippen LogP contribution < -0.4 is 5.32 Å². The highest BCUT2D eigenvalue weighted by molar-refractivity contribution is 6.00. The molecule has 3 rings (SSSR count). The number of benzene rings is 1. The largest absolute Gasteiger partial charge is 0.395 e. The fourth-order valence-electron chi connectivity index (χ4n) is 3.23. The zero-order valence-corrected chi connectivity index (χ0v) is 15.1. The van der Waals surface area contributed by atoms with Gasteiger partial charge in [0.1, 0.15) is 5.69 Å². The number of carbonyl (C=O) groups is 2. The molecule has 26 heavy (non-hydrogen) atoms. The van der Waals surface area contributed by atoms with Crippen LogP contribution in [0.1, 0.15) is 57.8 Å². The second-order valence-electron chi connectivity index (χ2n) is 6.99. The summed E-state index contributed by atoms with van der Waals surface area (Å²) in [6.07, 6.45) is 1.57. The highest BCUT2D eigenvalue weighted by atomic mass is 16.3. The van der Waals surface area contributed by atoms with Gasteiger partial charge in [0.05, 0.1) is 12.3 Å². The third-order valence-corrected chi connectivity index (χ3v) is 5.09. The van der Waals surface area contributed by atoms with E-state index in [0.29, 0.717) is 29.5 Å². The fourth-order valence-corrected chi connectivity index (χ4v) is 3.23. The molecular formula is C21H24N2O3. The number of nitrogens with zero attached hydrogens (tertiary/aromatic N) is 1. The normalized spacial score (nSPS) is 19.7. The van der Waals surface area contributed by atoms with Crippen LogP contribution in [0.2, 0.25) is 0 Å². The minimum atomic E-state index is -0.382. The first kappa shape index (κ1) is 18.3. The maximum absolute atomic E-state index is 12.7. The zero-order valence-electron chi connectivity index (χ0n) is 15.1. The van der Waals surface area contributed by atoms with Crippen molar-refractivity contribution in [3.63, 3.8) is 0 Å². The monoisotopic (exact) mass is 352 g/mol. The Morgan fingerprint density at radius 2 is 1.96 bits per heavy atom. The minimum absolute atomic E-state index is 0.0258. The Hall–Kier alpha value is -2.53. The highest BCUT2D eigenvalue weighted by Crippen LogP contribution is 2.41. The molecule has 1 aromatic heterocycles. The molecule has 1 fully saturated rings. The average molecular weight is 352 g/mol. The molecule has 1 aliphatic rings. The van der Waals surface area contributed by atoms with Crippen LogP contribution in [0.4, 0.5) is 0 Å². The Morgan fingerprint density at radius 1 is 1.27 bits per heavy atom. The van der Waals surface area contributed by atoms with Crippen LogP contribution in [0.25, 0.3) is 0 Å². The van der Waals surface area contributed by atoms with E-state index in [9.17, 15) is 14.7 Å². The summed E-state index contributed by atoms with van der Waals surface area (Å²) in [4.78, 5) is 29.2. The van der Waals surface area contributed by atoms with Crippen molar-refractivity contribution in [2.45, 2.75) is 25.7 Å². The van der Waals surface area contributed by atoms with Crippen LogP contribution in [0.15, 0.2) is 42.5 Å². The molecule has 1 unspecified atom stereocenters. The molecule has 2 N–H and O–H groups in total. The average Bonchev–Trinajstić information content (AvgIpc) is 3.36. The summed E-state index contributed by atoms with van der Waals surface area (Å²) < 4.78 is 0. The van der Waals surface area contributed by atoms with Crippen molar-refractivity contribution in [1.82, 2.24) is 10.3 Å². The minimum Gasteiger partial charge on any atom is -0.395 e. The third-order valence-electron chi connectivity index (χ3n) is 5.09. The lowest BCUT2D eigenvalue weighted by molar-refractivity contribution is 0.0957. The summed E-state index contributed by atoms with van der Waals surface area (Å²) >= 11 is 0. The standard InChI is InChI=1S/C21H24N2O3/c1-13-8-15(13)11-20(25)16-9-18(23-19(10-16)21(26)22-2)17(12-24)14-6-4-3-5-7-14/h3-7,9-10,13,15,17,24H,8,11-12H2,1-2H3,(H,22,26)/t13-,15+,17?/m0/s1. The number of rotatable bonds is 7. The molecular weight excluding hydrogens is 328 g/mol. The van der Waals surface area contributed by atoms with Crippen LogP contribution >= 0.6 is 0 Å². The van der Waals surface area contributed by atoms with Crippen molar-refractivity contribution in [1.29, 1.82) is 0 Å². The maximum atomic E-state index is 12.7. The summed E-state index contributed by atoms with van der Waals surface area (Å²) in [5.41, 5.74) is 2.12. The molecule has 1 saturated carbocycles. The van der Waals surface area contributed by atoms with E-state index in [0.717, 1.165) is 12.0 Å². The first-order chi connectivity index (χ1) is 12.5. The van der Waals surface area contributed by atoms with Gasteiger partial charge in [0.2, 0.25) is 0 Å². The number of amides is 1. The van der Waals surface area contributed by atoms with Gasteiger partial charge in [0.15, 0.2) is 5.78 Å². The van der Waals surface area contributed by atoms with Crippen molar-refractivity contribution >= 4 is 11.7 Å². The Bertz CT molecular complexity index is 804. The van der Waals surface area contributed by atoms with Crippen molar-refractivity contribution in [2.75, 3.05) is 13.7 Å². The molecule has 1 aromatic carbocycles. The molecule has 136 valence electrons. The van der Waals surface area contributed by atoms with Gasteiger partial charge in [-0.3, -0.25) is 9.59 Å². The summed E-state index contributed by atoms with van der Waals surface area (Å²) in [6, 6.07) is 12.8. The molecule has 1 amide bonds. The van der Waals surface area contributed by atoms with Crippen LogP contribution in [-0.2, 0) is 0 Å². The van der Waals surface area contributed by atoms with E-state index >= 15 is 0 Å². The summed E-state index contributed by atoms with van der Waals surface area (Å²) in [5, 5.41) is 12.5. The number of pyridine rings is 1. The number of Topliss-reactive ketones (excluding diaryl/α,β-unsaturated/α-hetero) is 1. The predicted octanol–water partition coefficient (Wildman–Crippen LogP) is 2.79. The SMILES string of the molecule is CNC(=O)c1cc(C(=O)C[C@H]2C[C@@H]2C)cc(C(CO)c2ccccc2)n1. The molecule has 5 heteroatoms. The van der Waals surface area contributed by atoms with Gasteiger partial charge in [-0.2, -0.15) is 0 Å². The maximum Gasteiger partial charge on any atom is 0.269 e. The Balaban J connectivity index is 1.98. The Kier molecular flexibility index (Phi) is 5.47. The Labute approximate surface area is 153 Å². The van der Waals surface area contributed by atoms with E-state index in [-0.39, 0.29) is 29.9 Å². The van der Waals surface area contributed by atoms with E-state index in [4.69, 9.17) is 0 Å². The number of hydrogen-bond donors (Lipinski definition) is 2. The van der Waals surface area contributed by atoms with Gasteiger partial charge in [-0.15, -0.1) is 0 Å². The van der Waals surface area contributed by atoms with Gasteiger partial charge in [0.25, 0.3) is 5.91 Å². The number of aliphatic hydroxyl groups is 1. The van der Waals surface area contributed by atoms with E-state index in [2.05, 4.69) is 17.2 Å². The van der Waals surface area contributed by atoms with Gasteiger partial charge >= 0.3 is 0 Å². The van der Waals surface area contributed by atoms with Crippen molar-refractivity contribution in [3.8, 4) is 0 Å². The van der Waals surface area contributed by atoms with E-state index in [1.807, 2.05) is 30.3 Å². The van der Waals surface area contributed by atoms with Gasteiger partial charge in [-0.1, -0.05) is 37.3 Å². The lowest BCUT2D eigenvalue weighted by Crippen LogP contribution is -2.22. The number of nitrogens with one attached hydrogen (secondary N) is 1. The first-order valence-electron chi connectivity index (χ1n) is 8.96. The molecule has 0 saturated heterocycles. The van der Waals surface area contributed by atoms with Crippen molar-refractivity contribution in [2.24, 2.45) is 11.8 Å². The highest BCUT2D eigenvalue weighted by Gasteiger charge is 2.34. The smallest absolute Gasteiger partial charge is 0.269 e. The van der Waals surface area contributed by atoms with Crippen LogP contribution in [0, 0.1) is 11.8 Å². The molecule has 0 spiro atoms. The van der Waals surface area contributed by atoms with Crippen LogP contribution in [0.3, 0.4) is 0 Å². The van der Waals surface area contributed by atoms with E-state index < -0.39 is 0 Å². The number of hydrogen-bond acceptors (Lipinski definition) is 4. The number of ketones is 1. The molecule has 0 bridgehead atoms. The summed E-state index contributed by atoms with van der Waals surface area (Å²) in [7, 11) is 1.53. The van der Waals surface area contributed by atoms with E-state index in [1.165, 1.54) is 7.05 Å². The first-order valence-corrected chi connectivity index (χ1v) is 8.96. The van der Waals surface area contributed by atoms with Gasteiger partial charge in [-0.25, -0.2) is 4.98 Å². The third kappa shape index (κ3) is 3.99. The fraction of sp³-hybridized carbons (Fsp3) is 0.381. The van der Waals surface area contributed by atoms with Gasteiger partial charge in [-0.05, 0) is 36.0 Å². The zero-order chi connectivity index (χ0) is 18.7. The molecule has 0 aliphatic heterocycles.